The first-order valence-corrected chi connectivity index (χ1v) is 5.31. The lowest BCUT2D eigenvalue weighted by atomic mass is 10.3. The van der Waals surface area contributed by atoms with Crippen molar-refractivity contribution in [2.24, 2.45) is 0 Å². The topological polar surface area (TPSA) is 67.2 Å². The lowest BCUT2D eigenvalue weighted by Gasteiger charge is -2.11. The van der Waals surface area contributed by atoms with E-state index in [9.17, 15) is 13.6 Å². The summed E-state index contributed by atoms with van der Waals surface area (Å²) in [5.41, 5.74) is -0.379. The lowest BCUT2D eigenvalue weighted by Crippen LogP contribution is -2.31. The fourth-order valence-corrected chi connectivity index (χ4v) is 1.28. The molecular weight excluding hydrogens is 232 g/mol. The summed E-state index contributed by atoms with van der Waals surface area (Å²) < 4.78 is 25.5. The summed E-state index contributed by atoms with van der Waals surface area (Å²) in [5.74, 6) is -0.0272. The monoisotopic (exact) mass is 247 g/mol. The molecule has 1 aromatic rings. The van der Waals surface area contributed by atoms with Gasteiger partial charge in [0.15, 0.2) is 5.82 Å². The van der Waals surface area contributed by atoms with E-state index in [2.05, 4.69) is 10.3 Å². The van der Waals surface area contributed by atoms with Gasteiger partial charge in [0, 0.05) is 25.5 Å². The molecule has 1 heterocycles. The van der Waals surface area contributed by atoms with Crippen LogP contribution in [0.3, 0.4) is 0 Å². The molecular formula is C10H15F2N3O2. The number of halogens is 2. The van der Waals surface area contributed by atoms with Gasteiger partial charge in [-0.1, -0.05) is 6.92 Å². The Balaban J connectivity index is 2.72. The third-order valence-electron chi connectivity index (χ3n) is 2.15. The number of nitrogens with one attached hydrogen (secondary N) is 1. The molecule has 2 N–H and O–H groups in total. The third kappa shape index (κ3) is 3.77. The Hall–Kier alpha value is -1.50. The van der Waals surface area contributed by atoms with Crippen molar-refractivity contribution in [2.45, 2.75) is 32.4 Å². The van der Waals surface area contributed by atoms with Crippen LogP contribution < -0.4 is 10.9 Å². The van der Waals surface area contributed by atoms with Crippen molar-refractivity contribution < 1.29 is 13.9 Å². The van der Waals surface area contributed by atoms with Gasteiger partial charge < -0.3 is 15.0 Å². The Morgan fingerprint density at radius 1 is 1.59 bits per heavy atom. The number of aliphatic hydroxyl groups excluding tert-OH is 1. The number of nitrogens with zero attached hydrogens (tertiary/aromatic N) is 2. The van der Waals surface area contributed by atoms with Crippen LogP contribution in [-0.2, 0) is 6.54 Å². The average molecular weight is 247 g/mol. The molecule has 17 heavy (non-hydrogen) atoms. The highest BCUT2D eigenvalue weighted by Crippen LogP contribution is 2.01. The summed E-state index contributed by atoms with van der Waals surface area (Å²) in [4.78, 5) is 15.5. The van der Waals surface area contributed by atoms with E-state index >= 15 is 0 Å². The zero-order valence-electron chi connectivity index (χ0n) is 9.44. The molecule has 1 unspecified atom stereocenters. The highest BCUT2D eigenvalue weighted by Gasteiger charge is 2.17. The highest BCUT2D eigenvalue weighted by molar-refractivity contribution is 5.30. The van der Waals surface area contributed by atoms with Gasteiger partial charge in [0.2, 0.25) is 0 Å². The minimum Gasteiger partial charge on any atom is -0.385 e. The van der Waals surface area contributed by atoms with Gasteiger partial charge in [0.05, 0.1) is 0 Å². The van der Waals surface area contributed by atoms with Gasteiger partial charge in [0.1, 0.15) is 6.10 Å². The quantitative estimate of drug-likeness (QED) is 0.776. The molecule has 0 aliphatic heterocycles. The zero-order valence-corrected chi connectivity index (χ0v) is 9.44. The molecule has 0 aliphatic carbocycles. The predicted molar refractivity (Wildman–Crippen MR) is 59.3 cm³/mol. The number of alkyl halides is 2. The van der Waals surface area contributed by atoms with Gasteiger partial charge >= 0.3 is 0 Å². The number of hydrogen-bond donors (Lipinski definition) is 2. The summed E-state index contributed by atoms with van der Waals surface area (Å²) in [7, 11) is 0. The molecule has 1 aromatic heterocycles. The maximum atomic E-state index is 12.0. The first-order valence-electron chi connectivity index (χ1n) is 5.31. The first-order chi connectivity index (χ1) is 8.06. The molecule has 0 aromatic carbocycles. The molecule has 7 heteroatoms. The second-order valence-corrected chi connectivity index (χ2v) is 3.56. The third-order valence-corrected chi connectivity index (χ3v) is 2.15. The largest absolute Gasteiger partial charge is 0.385 e. The number of anilines is 1. The number of rotatable bonds is 6. The molecule has 0 saturated carbocycles. The predicted octanol–water partition coefficient (Wildman–Crippen LogP) is 0.691. The number of aliphatic hydroxyl groups is 1. The van der Waals surface area contributed by atoms with Crippen LogP contribution >= 0.6 is 0 Å². The zero-order chi connectivity index (χ0) is 12.8. The maximum absolute atomic E-state index is 12.0. The molecule has 0 amide bonds. The molecule has 5 nitrogen and oxygen atoms in total. The summed E-state index contributed by atoms with van der Waals surface area (Å²) in [6.45, 7) is 2.05. The Labute approximate surface area is 97.1 Å². The second kappa shape index (κ2) is 6.29. The van der Waals surface area contributed by atoms with Gasteiger partial charge in [-0.05, 0) is 6.42 Å². The van der Waals surface area contributed by atoms with E-state index in [1.54, 1.807) is 0 Å². The van der Waals surface area contributed by atoms with E-state index in [1.165, 1.54) is 17.0 Å². The van der Waals surface area contributed by atoms with Crippen molar-refractivity contribution in [3.8, 4) is 0 Å². The number of aromatic nitrogens is 2. The molecule has 1 rings (SSSR count). The second-order valence-electron chi connectivity index (χ2n) is 3.56. The van der Waals surface area contributed by atoms with Crippen molar-refractivity contribution in [3.63, 3.8) is 0 Å². The van der Waals surface area contributed by atoms with Crippen LogP contribution in [0.2, 0.25) is 0 Å². The van der Waals surface area contributed by atoms with Gasteiger partial charge in [-0.25, -0.2) is 13.8 Å². The summed E-state index contributed by atoms with van der Waals surface area (Å²) in [6.07, 6.45) is -0.933. The Kier molecular flexibility index (Phi) is 5.02. The van der Waals surface area contributed by atoms with E-state index in [0.717, 1.165) is 6.42 Å². The smallest absolute Gasteiger partial charge is 0.293 e. The normalized spacial score (nSPS) is 12.8. The van der Waals surface area contributed by atoms with Gasteiger partial charge in [-0.15, -0.1) is 0 Å². The van der Waals surface area contributed by atoms with Crippen LogP contribution in [0.25, 0.3) is 0 Å². The fourth-order valence-electron chi connectivity index (χ4n) is 1.28. The van der Waals surface area contributed by atoms with Crippen LogP contribution in [0.15, 0.2) is 17.2 Å². The standard InChI is InChI=1S/C10H15F2N3O2/c1-2-4-15-5-3-13-9(10(15)17)14-6-7(16)8(11)12/h3,5,7-8,16H,2,4,6H2,1H3,(H,13,14). The average Bonchev–Trinajstić information content (AvgIpc) is 2.30. The summed E-state index contributed by atoms with van der Waals surface area (Å²) >= 11 is 0. The van der Waals surface area contributed by atoms with Crippen LogP contribution in [-0.4, -0.2) is 33.7 Å². The fraction of sp³-hybridized carbons (Fsp3) is 0.600. The highest BCUT2D eigenvalue weighted by atomic mass is 19.3. The van der Waals surface area contributed by atoms with E-state index in [4.69, 9.17) is 5.11 Å². The first kappa shape index (κ1) is 13.6. The van der Waals surface area contributed by atoms with Crippen molar-refractivity contribution in [1.29, 1.82) is 0 Å². The Morgan fingerprint density at radius 2 is 2.29 bits per heavy atom. The van der Waals surface area contributed by atoms with E-state index < -0.39 is 19.1 Å². The van der Waals surface area contributed by atoms with Gasteiger partial charge in [-0.2, -0.15) is 0 Å². The Morgan fingerprint density at radius 3 is 2.88 bits per heavy atom. The van der Waals surface area contributed by atoms with Gasteiger partial charge in [0.25, 0.3) is 12.0 Å². The molecule has 0 saturated heterocycles. The molecule has 0 radical (unpaired) electrons. The van der Waals surface area contributed by atoms with Crippen molar-refractivity contribution in [1.82, 2.24) is 9.55 Å². The Bertz CT molecular complexity index is 409. The summed E-state index contributed by atoms with van der Waals surface area (Å²) in [6, 6.07) is 0. The molecule has 0 aliphatic rings. The maximum Gasteiger partial charge on any atom is 0.293 e. The van der Waals surface area contributed by atoms with Gasteiger partial charge in [-0.3, -0.25) is 4.79 Å². The lowest BCUT2D eigenvalue weighted by molar-refractivity contribution is 0.00379. The molecule has 96 valence electrons. The number of hydrogen-bond acceptors (Lipinski definition) is 4. The van der Waals surface area contributed by atoms with Crippen molar-refractivity contribution >= 4 is 5.82 Å². The van der Waals surface area contributed by atoms with Crippen LogP contribution in [0.5, 0.6) is 0 Å². The molecule has 0 spiro atoms. The van der Waals surface area contributed by atoms with E-state index in [0.29, 0.717) is 6.54 Å². The van der Waals surface area contributed by atoms with E-state index in [-0.39, 0.29) is 11.4 Å². The molecule has 0 fully saturated rings. The SMILES string of the molecule is CCCn1ccnc(NCC(O)C(F)F)c1=O. The minimum absolute atomic E-state index is 0.0272. The summed E-state index contributed by atoms with van der Waals surface area (Å²) in [5, 5.41) is 11.3. The number of aryl methyl sites for hydroxylation is 1. The minimum atomic E-state index is -2.84. The van der Waals surface area contributed by atoms with Crippen molar-refractivity contribution in [3.05, 3.63) is 22.7 Å². The van der Waals surface area contributed by atoms with Crippen molar-refractivity contribution in [2.75, 3.05) is 11.9 Å². The molecule has 1 atom stereocenters. The molecule has 0 bridgehead atoms. The van der Waals surface area contributed by atoms with Crippen LogP contribution in [0, 0.1) is 0 Å². The van der Waals surface area contributed by atoms with E-state index in [1.807, 2.05) is 6.92 Å². The van der Waals surface area contributed by atoms with Crippen LogP contribution in [0.1, 0.15) is 13.3 Å². The van der Waals surface area contributed by atoms with Crippen LogP contribution in [0.4, 0.5) is 14.6 Å².